The third-order valence-corrected chi connectivity index (χ3v) is 13.0. The number of amides is 3. The molecule has 0 bridgehead atoms. The van der Waals surface area contributed by atoms with Gasteiger partial charge in [0.1, 0.15) is 5.69 Å². The Hall–Kier alpha value is -6.54. The fourth-order valence-corrected chi connectivity index (χ4v) is 9.48. The predicted octanol–water partition coefficient (Wildman–Crippen LogP) is 6.32. The Morgan fingerprint density at radius 3 is 1.94 bits per heavy atom. The summed E-state index contributed by atoms with van der Waals surface area (Å²) in [7, 11) is -1.16. The lowest BCUT2D eigenvalue weighted by atomic mass is 9.76. The standard InChI is InChI=1S/C50H51BN6O6/c52-31-33-8-4-10-37(26-33)35-18-22-56(23-19-35)47(59)39-12-6-15-41(28-39)54-46(58)30-50(40-13-2-1-3-14-40)49(61)62-51(63-50)43-16-7-17-44-42(43)29-45(55-44)48(60)57-24-20-36(21-25-57)38-11-5-9-34(27-38)32-53/h1-17,26-29,35-36,55H,18-25,30-32,52-53H2,(H,54,58)/t50-/m0/s1. The molecular weight excluding hydrogens is 791 g/mol. The summed E-state index contributed by atoms with van der Waals surface area (Å²) in [5.74, 6) is -0.702. The summed E-state index contributed by atoms with van der Waals surface area (Å²) >= 11 is 0. The number of nitrogens with two attached hydrogens (primary N) is 2. The highest BCUT2D eigenvalue weighted by Gasteiger charge is 2.56. The largest absolute Gasteiger partial charge is 0.566 e. The number of hydrogen-bond donors (Lipinski definition) is 4. The van der Waals surface area contributed by atoms with Gasteiger partial charge in [0.2, 0.25) is 5.91 Å². The van der Waals surface area contributed by atoms with E-state index >= 15 is 0 Å². The molecule has 3 aliphatic rings. The van der Waals surface area contributed by atoms with Crippen LogP contribution in [-0.2, 0) is 37.6 Å². The lowest BCUT2D eigenvalue weighted by Crippen LogP contribution is -2.40. The van der Waals surface area contributed by atoms with E-state index in [1.54, 1.807) is 60.7 Å². The van der Waals surface area contributed by atoms with Gasteiger partial charge in [-0.15, -0.1) is 0 Å². The summed E-state index contributed by atoms with van der Waals surface area (Å²) in [6, 6.07) is 39.7. The molecule has 3 fully saturated rings. The van der Waals surface area contributed by atoms with Crippen LogP contribution in [-0.4, -0.2) is 71.8 Å². The Labute approximate surface area is 367 Å². The first-order valence-corrected chi connectivity index (χ1v) is 21.8. The minimum atomic E-state index is -1.78. The molecule has 12 nitrogen and oxygen atoms in total. The van der Waals surface area contributed by atoms with Crippen molar-refractivity contribution in [2.24, 2.45) is 11.5 Å². The number of anilines is 1. The van der Waals surface area contributed by atoms with Crippen LogP contribution in [0.5, 0.6) is 0 Å². The number of nitrogens with one attached hydrogen (secondary N) is 2. The van der Waals surface area contributed by atoms with Gasteiger partial charge in [0, 0.05) is 66.9 Å². The Morgan fingerprint density at radius 1 is 0.698 bits per heavy atom. The Bertz CT molecular complexity index is 2650. The topological polar surface area (TPSA) is 173 Å². The highest BCUT2D eigenvalue weighted by Crippen LogP contribution is 2.38. The molecule has 3 aliphatic heterocycles. The van der Waals surface area contributed by atoms with Crippen LogP contribution in [0.15, 0.2) is 127 Å². The van der Waals surface area contributed by atoms with Gasteiger partial charge in [0.05, 0.1) is 6.42 Å². The van der Waals surface area contributed by atoms with Crippen molar-refractivity contribution in [1.82, 2.24) is 14.8 Å². The quantitative estimate of drug-likeness (QED) is 0.110. The van der Waals surface area contributed by atoms with Crippen LogP contribution in [0.4, 0.5) is 5.69 Å². The summed E-state index contributed by atoms with van der Waals surface area (Å²) in [6.45, 7) is 3.46. The molecule has 3 saturated heterocycles. The van der Waals surface area contributed by atoms with Crippen molar-refractivity contribution < 1.29 is 28.5 Å². The van der Waals surface area contributed by atoms with Crippen molar-refractivity contribution in [2.45, 2.75) is 62.6 Å². The third kappa shape index (κ3) is 8.64. The van der Waals surface area contributed by atoms with Crippen molar-refractivity contribution in [3.63, 3.8) is 0 Å². The van der Waals surface area contributed by atoms with Crippen LogP contribution in [0.2, 0.25) is 0 Å². The van der Waals surface area contributed by atoms with Gasteiger partial charge in [0.25, 0.3) is 11.8 Å². The first-order chi connectivity index (χ1) is 30.7. The van der Waals surface area contributed by atoms with E-state index in [1.165, 1.54) is 11.1 Å². The van der Waals surface area contributed by atoms with E-state index in [-0.39, 0.29) is 18.2 Å². The molecule has 0 unspecified atom stereocenters. The fraction of sp³-hybridized carbons (Fsp3) is 0.280. The number of benzene rings is 5. The zero-order valence-corrected chi connectivity index (χ0v) is 35.1. The Kier molecular flexibility index (Phi) is 12.0. The maximum atomic E-state index is 14.1. The van der Waals surface area contributed by atoms with E-state index < -0.39 is 24.6 Å². The SMILES string of the molecule is NCc1cccc(C2CCN(C(=O)c3cccc(NC(=O)C[C@@]4(c5ccccc5)OB(c5cccc6[nH]c(C(=O)N7CCC(c8cccc(CN)c8)CC7)cc56)OC4=O)c3)CC2)c1. The maximum Gasteiger partial charge on any atom is 0.566 e. The second kappa shape index (κ2) is 18.1. The third-order valence-electron chi connectivity index (χ3n) is 13.0. The van der Waals surface area contributed by atoms with Crippen molar-refractivity contribution in [3.8, 4) is 0 Å². The number of likely N-dealkylation sites (tertiary alicyclic amines) is 2. The molecule has 13 heteroatoms. The zero-order valence-electron chi connectivity index (χ0n) is 35.1. The van der Waals surface area contributed by atoms with Gasteiger partial charge < -0.3 is 40.9 Å². The summed E-state index contributed by atoms with van der Waals surface area (Å²) in [6.07, 6.45) is 3.00. The van der Waals surface area contributed by atoms with Crippen LogP contribution in [0.1, 0.15) is 92.6 Å². The number of rotatable bonds is 11. The van der Waals surface area contributed by atoms with Gasteiger partial charge in [-0.25, -0.2) is 0 Å². The van der Waals surface area contributed by atoms with Gasteiger partial charge >= 0.3 is 13.1 Å². The lowest BCUT2D eigenvalue weighted by Gasteiger charge is -2.32. The van der Waals surface area contributed by atoms with Gasteiger partial charge in [-0.1, -0.05) is 97.1 Å². The van der Waals surface area contributed by atoms with Gasteiger partial charge in [-0.05, 0) is 95.7 Å². The molecular formula is C50H51BN6O6. The molecule has 1 aromatic heterocycles. The number of hydrogen-bond acceptors (Lipinski definition) is 8. The molecule has 0 radical (unpaired) electrons. The second-order valence-electron chi connectivity index (χ2n) is 16.9. The first-order valence-electron chi connectivity index (χ1n) is 21.8. The average molecular weight is 843 g/mol. The molecule has 320 valence electrons. The second-order valence-corrected chi connectivity index (χ2v) is 16.9. The normalized spacial score (nSPS) is 18.4. The van der Waals surface area contributed by atoms with E-state index in [0.717, 1.165) is 36.8 Å². The number of aromatic amines is 1. The van der Waals surface area contributed by atoms with Gasteiger partial charge in [0.15, 0.2) is 5.60 Å². The summed E-state index contributed by atoms with van der Waals surface area (Å²) in [4.78, 5) is 62.6. The van der Waals surface area contributed by atoms with Crippen LogP contribution in [0, 0.1) is 0 Å². The lowest BCUT2D eigenvalue weighted by molar-refractivity contribution is -0.146. The van der Waals surface area contributed by atoms with Gasteiger partial charge in [-0.2, -0.15) is 0 Å². The van der Waals surface area contributed by atoms with Crippen LogP contribution in [0.25, 0.3) is 10.9 Å². The van der Waals surface area contributed by atoms with E-state index in [9.17, 15) is 19.2 Å². The van der Waals surface area contributed by atoms with Crippen molar-refractivity contribution in [1.29, 1.82) is 0 Å². The van der Waals surface area contributed by atoms with E-state index in [4.69, 9.17) is 20.8 Å². The van der Waals surface area contributed by atoms with Crippen molar-refractivity contribution in [2.75, 3.05) is 31.5 Å². The smallest absolute Gasteiger partial charge is 0.503 e. The molecule has 1 atom stereocenters. The monoisotopic (exact) mass is 842 g/mol. The highest BCUT2D eigenvalue weighted by molar-refractivity contribution is 6.67. The highest BCUT2D eigenvalue weighted by atomic mass is 16.7. The zero-order chi connectivity index (χ0) is 43.5. The Balaban J connectivity index is 0.879. The molecule has 0 aliphatic carbocycles. The van der Waals surface area contributed by atoms with Crippen molar-refractivity contribution in [3.05, 3.63) is 166 Å². The number of nitrogens with zero attached hydrogens (tertiary/aromatic N) is 2. The first kappa shape index (κ1) is 41.8. The number of carbonyl (C=O) groups excluding carboxylic acids is 4. The maximum absolute atomic E-state index is 14.1. The molecule has 63 heavy (non-hydrogen) atoms. The molecule has 6 N–H and O–H groups in total. The van der Waals surface area contributed by atoms with Gasteiger partial charge in [-0.3, -0.25) is 19.2 Å². The van der Waals surface area contributed by atoms with Crippen molar-refractivity contribution >= 4 is 52.9 Å². The number of H-pyrrole nitrogens is 1. The molecule has 4 heterocycles. The molecule has 5 aromatic carbocycles. The molecule has 6 aromatic rings. The van der Waals surface area contributed by atoms with Crippen LogP contribution in [0.3, 0.4) is 0 Å². The van der Waals surface area contributed by atoms with E-state index in [1.807, 2.05) is 52.3 Å². The van der Waals surface area contributed by atoms with E-state index in [0.29, 0.717) is 90.0 Å². The molecule has 0 spiro atoms. The summed E-state index contributed by atoms with van der Waals surface area (Å²) in [5.41, 5.74) is 17.7. The number of aromatic nitrogens is 1. The predicted molar refractivity (Wildman–Crippen MR) is 243 cm³/mol. The van der Waals surface area contributed by atoms with Crippen LogP contribution >= 0.6 is 0 Å². The number of fused-ring (bicyclic) bond motifs is 1. The average Bonchev–Trinajstić information content (AvgIpc) is 3.93. The van der Waals surface area contributed by atoms with Crippen LogP contribution < -0.4 is 22.2 Å². The molecule has 3 amide bonds. The number of carbonyl (C=O) groups is 4. The summed E-state index contributed by atoms with van der Waals surface area (Å²) in [5, 5.41) is 3.58. The molecule has 0 saturated carbocycles. The number of piperidine rings is 2. The minimum absolute atomic E-state index is 0.106. The minimum Gasteiger partial charge on any atom is -0.503 e. The summed E-state index contributed by atoms with van der Waals surface area (Å²) < 4.78 is 12.6. The Morgan fingerprint density at radius 2 is 1.30 bits per heavy atom. The fourth-order valence-electron chi connectivity index (χ4n) is 9.48. The van der Waals surface area contributed by atoms with E-state index in [2.05, 4.69) is 34.6 Å². The molecule has 9 rings (SSSR count).